The van der Waals surface area contributed by atoms with E-state index in [1.165, 1.54) is 5.56 Å². The summed E-state index contributed by atoms with van der Waals surface area (Å²) in [5, 5.41) is 0. The number of methoxy groups -OCH3 is 1. The molecule has 0 aliphatic carbocycles. The lowest BCUT2D eigenvalue weighted by molar-refractivity contribution is 0.115. The maximum atomic E-state index is 5.35. The van der Waals surface area contributed by atoms with Crippen LogP contribution in [0.1, 0.15) is 5.56 Å². The predicted octanol–water partition coefficient (Wildman–Crippen LogP) is 1.52. The van der Waals surface area contributed by atoms with Gasteiger partial charge in [0.25, 0.3) is 0 Å². The molecule has 104 valence electrons. The Labute approximate surface area is 115 Å². The lowest BCUT2D eigenvalue weighted by Gasteiger charge is -2.16. The van der Waals surface area contributed by atoms with Gasteiger partial charge in [-0.05, 0) is 24.7 Å². The second kappa shape index (κ2) is 10.1. The van der Waals surface area contributed by atoms with Crippen molar-refractivity contribution in [2.45, 2.75) is 6.54 Å². The molecule has 0 heterocycles. The second-order valence-corrected chi connectivity index (χ2v) is 3.99. The topological polar surface area (TPSA) is 47.7 Å². The average molecular weight is 275 g/mol. The highest BCUT2D eigenvalue weighted by molar-refractivity contribution is 5.85. The van der Waals surface area contributed by atoms with E-state index in [2.05, 4.69) is 24.1 Å². The summed E-state index contributed by atoms with van der Waals surface area (Å²) in [5.41, 5.74) is 6.62. The molecule has 0 saturated heterocycles. The highest BCUT2D eigenvalue weighted by Crippen LogP contribution is 2.12. The molecule has 1 aromatic rings. The van der Waals surface area contributed by atoms with Crippen LogP contribution in [0.2, 0.25) is 0 Å². The molecule has 0 fully saturated rings. The van der Waals surface area contributed by atoms with Gasteiger partial charge in [-0.25, -0.2) is 0 Å². The first kappa shape index (κ1) is 17.2. The normalized spacial score (nSPS) is 10.2. The molecule has 0 spiro atoms. The van der Waals surface area contributed by atoms with E-state index in [0.717, 1.165) is 25.4 Å². The van der Waals surface area contributed by atoms with Crippen LogP contribution in [0, 0.1) is 0 Å². The Morgan fingerprint density at radius 2 is 1.83 bits per heavy atom. The van der Waals surface area contributed by atoms with Crippen LogP contribution in [-0.2, 0) is 11.3 Å². The van der Waals surface area contributed by atoms with Gasteiger partial charge in [0.05, 0.1) is 20.3 Å². The van der Waals surface area contributed by atoms with Crippen LogP contribution in [0.3, 0.4) is 0 Å². The second-order valence-electron chi connectivity index (χ2n) is 3.99. The fourth-order valence-corrected chi connectivity index (χ4v) is 1.53. The molecule has 4 nitrogen and oxygen atoms in total. The van der Waals surface area contributed by atoms with Gasteiger partial charge in [-0.2, -0.15) is 0 Å². The zero-order chi connectivity index (χ0) is 12.5. The van der Waals surface area contributed by atoms with Gasteiger partial charge in [-0.15, -0.1) is 12.4 Å². The summed E-state index contributed by atoms with van der Waals surface area (Å²) < 4.78 is 10.5. The summed E-state index contributed by atoms with van der Waals surface area (Å²) in [6.45, 7) is 3.77. The third-order valence-corrected chi connectivity index (χ3v) is 2.49. The van der Waals surface area contributed by atoms with E-state index in [1.807, 2.05) is 12.1 Å². The van der Waals surface area contributed by atoms with Crippen LogP contribution in [0.25, 0.3) is 0 Å². The van der Waals surface area contributed by atoms with Crippen molar-refractivity contribution in [3.8, 4) is 5.75 Å². The maximum Gasteiger partial charge on any atom is 0.118 e. The standard InChI is InChI=1S/C13H22N2O2.ClH/c1-15(8-10-17-9-7-14)11-12-3-5-13(16-2)6-4-12;/h3-6H,7-11,14H2,1-2H3;1H. The molecule has 0 amide bonds. The van der Waals surface area contributed by atoms with E-state index in [-0.39, 0.29) is 12.4 Å². The first-order chi connectivity index (χ1) is 8.26. The Hall–Kier alpha value is -0.810. The molecule has 0 unspecified atom stereocenters. The molecule has 2 N–H and O–H groups in total. The van der Waals surface area contributed by atoms with Gasteiger partial charge in [0, 0.05) is 19.6 Å². The molecular formula is C13H23ClN2O2. The number of hydrogen-bond acceptors (Lipinski definition) is 4. The number of likely N-dealkylation sites (N-methyl/N-ethyl adjacent to an activating group) is 1. The Morgan fingerprint density at radius 3 is 2.39 bits per heavy atom. The summed E-state index contributed by atoms with van der Waals surface area (Å²) in [5.74, 6) is 0.891. The first-order valence-electron chi connectivity index (χ1n) is 5.85. The smallest absolute Gasteiger partial charge is 0.118 e. The third-order valence-electron chi connectivity index (χ3n) is 2.49. The molecule has 0 saturated carbocycles. The van der Waals surface area contributed by atoms with Gasteiger partial charge in [-0.3, -0.25) is 4.90 Å². The monoisotopic (exact) mass is 274 g/mol. The fourth-order valence-electron chi connectivity index (χ4n) is 1.53. The number of halogens is 1. The van der Waals surface area contributed by atoms with Gasteiger partial charge in [0.1, 0.15) is 5.75 Å². The third kappa shape index (κ3) is 6.81. The van der Waals surface area contributed by atoms with Gasteiger partial charge in [0.2, 0.25) is 0 Å². The molecule has 0 aliphatic rings. The van der Waals surface area contributed by atoms with E-state index >= 15 is 0 Å². The molecule has 0 aromatic heterocycles. The maximum absolute atomic E-state index is 5.35. The van der Waals surface area contributed by atoms with Crippen LogP contribution in [0.5, 0.6) is 5.75 Å². The largest absolute Gasteiger partial charge is 0.497 e. The average Bonchev–Trinajstić information content (AvgIpc) is 2.36. The molecule has 0 atom stereocenters. The van der Waals surface area contributed by atoms with Crippen molar-refractivity contribution in [2.75, 3.05) is 40.5 Å². The van der Waals surface area contributed by atoms with Crippen LogP contribution < -0.4 is 10.5 Å². The molecule has 18 heavy (non-hydrogen) atoms. The molecule has 1 rings (SSSR count). The van der Waals surface area contributed by atoms with Crippen molar-refractivity contribution in [1.29, 1.82) is 0 Å². The Morgan fingerprint density at radius 1 is 1.17 bits per heavy atom. The van der Waals surface area contributed by atoms with Crippen molar-refractivity contribution < 1.29 is 9.47 Å². The van der Waals surface area contributed by atoms with Crippen molar-refractivity contribution in [2.24, 2.45) is 5.73 Å². The number of hydrogen-bond donors (Lipinski definition) is 1. The minimum Gasteiger partial charge on any atom is -0.497 e. The Balaban J connectivity index is 0.00000289. The van der Waals surface area contributed by atoms with Crippen molar-refractivity contribution in [3.63, 3.8) is 0 Å². The quantitative estimate of drug-likeness (QED) is 0.731. The summed E-state index contributed by atoms with van der Waals surface area (Å²) in [4.78, 5) is 2.22. The van der Waals surface area contributed by atoms with Gasteiger partial charge < -0.3 is 15.2 Å². The minimum absolute atomic E-state index is 0. The van der Waals surface area contributed by atoms with Crippen LogP contribution in [-0.4, -0.2) is 45.4 Å². The molecule has 0 aliphatic heterocycles. The van der Waals surface area contributed by atoms with E-state index in [1.54, 1.807) is 7.11 Å². The SMILES string of the molecule is COc1ccc(CN(C)CCOCCN)cc1.Cl. The van der Waals surface area contributed by atoms with Crippen molar-refractivity contribution in [1.82, 2.24) is 4.90 Å². The Kier molecular flexibility index (Phi) is 9.69. The zero-order valence-electron chi connectivity index (χ0n) is 11.1. The fraction of sp³-hybridized carbons (Fsp3) is 0.538. The summed E-state index contributed by atoms with van der Waals surface area (Å²) in [6, 6.07) is 8.12. The van der Waals surface area contributed by atoms with Crippen molar-refractivity contribution in [3.05, 3.63) is 29.8 Å². The lowest BCUT2D eigenvalue weighted by atomic mass is 10.2. The molecule has 0 radical (unpaired) electrons. The van der Waals surface area contributed by atoms with Gasteiger partial charge >= 0.3 is 0 Å². The van der Waals surface area contributed by atoms with Crippen LogP contribution in [0.15, 0.2) is 24.3 Å². The summed E-state index contributed by atoms with van der Waals surface area (Å²) in [7, 11) is 3.76. The number of nitrogens with two attached hydrogens (primary N) is 1. The molecule has 0 bridgehead atoms. The highest BCUT2D eigenvalue weighted by atomic mass is 35.5. The zero-order valence-corrected chi connectivity index (χ0v) is 11.9. The van der Waals surface area contributed by atoms with Gasteiger partial charge in [-0.1, -0.05) is 12.1 Å². The number of nitrogens with zero attached hydrogens (tertiary/aromatic N) is 1. The van der Waals surface area contributed by atoms with E-state index < -0.39 is 0 Å². The first-order valence-corrected chi connectivity index (χ1v) is 5.85. The van der Waals surface area contributed by atoms with Crippen LogP contribution >= 0.6 is 12.4 Å². The van der Waals surface area contributed by atoms with E-state index in [4.69, 9.17) is 15.2 Å². The van der Waals surface area contributed by atoms with Gasteiger partial charge in [0.15, 0.2) is 0 Å². The lowest BCUT2D eigenvalue weighted by Crippen LogP contribution is -2.23. The van der Waals surface area contributed by atoms with E-state index in [9.17, 15) is 0 Å². The predicted molar refractivity (Wildman–Crippen MR) is 76.4 cm³/mol. The molecule has 5 heteroatoms. The Bertz CT molecular complexity index is 306. The van der Waals surface area contributed by atoms with E-state index in [0.29, 0.717) is 13.2 Å². The summed E-state index contributed by atoms with van der Waals surface area (Å²) in [6.07, 6.45) is 0. The molecule has 1 aromatic carbocycles. The highest BCUT2D eigenvalue weighted by Gasteiger charge is 2.00. The number of benzene rings is 1. The number of ether oxygens (including phenoxy) is 2. The van der Waals surface area contributed by atoms with Crippen molar-refractivity contribution >= 4 is 12.4 Å². The molecular weight excluding hydrogens is 252 g/mol. The van der Waals surface area contributed by atoms with Crippen LogP contribution in [0.4, 0.5) is 0 Å². The summed E-state index contributed by atoms with van der Waals surface area (Å²) >= 11 is 0. The minimum atomic E-state index is 0. The number of rotatable bonds is 8.